The summed E-state index contributed by atoms with van der Waals surface area (Å²) >= 11 is 5.80. The van der Waals surface area contributed by atoms with Crippen LogP contribution in [0.3, 0.4) is 0 Å². The molecule has 1 aromatic carbocycles. The Morgan fingerprint density at radius 2 is 2.17 bits per heavy atom. The molecule has 1 N–H and O–H groups in total. The van der Waals surface area contributed by atoms with Crippen LogP contribution in [-0.2, 0) is 0 Å². The van der Waals surface area contributed by atoms with Crippen LogP contribution in [0.25, 0.3) is 0 Å². The van der Waals surface area contributed by atoms with E-state index in [-0.39, 0.29) is 5.78 Å². The molecule has 0 aromatic heterocycles. The highest BCUT2D eigenvalue weighted by Crippen LogP contribution is 2.20. The number of Topliss-reactive ketones (excluding diaryl/α,β-unsaturated/α-hetero) is 1. The molecular formula is C9H10ClNO. The van der Waals surface area contributed by atoms with Crippen molar-refractivity contribution in [3.05, 3.63) is 28.8 Å². The third-order valence-corrected chi connectivity index (χ3v) is 1.96. The number of nitrogens with one attached hydrogen (secondary N) is 1. The Bertz CT molecular complexity index is 309. The van der Waals surface area contributed by atoms with E-state index in [0.717, 1.165) is 5.69 Å². The summed E-state index contributed by atoms with van der Waals surface area (Å²) in [5.74, 6) is -0.0166. The maximum atomic E-state index is 11.0. The molecule has 0 amide bonds. The second kappa shape index (κ2) is 3.59. The molecule has 0 aliphatic rings. The topological polar surface area (TPSA) is 29.1 Å². The Hall–Kier alpha value is -1.02. The summed E-state index contributed by atoms with van der Waals surface area (Å²) in [4.78, 5) is 11.0. The van der Waals surface area contributed by atoms with Gasteiger partial charge in [-0.25, -0.2) is 0 Å². The number of rotatable bonds is 2. The standard InChI is InChI=1S/C9H10ClNO/c1-6(12)8-5-7(11-2)3-4-9(8)10/h3-5,11H,1-2H3. The van der Waals surface area contributed by atoms with Crippen LogP contribution in [-0.4, -0.2) is 12.8 Å². The number of benzene rings is 1. The summed E-state index contributed by atoms with van der Waals surface area (Å²) in [7, 11) is 1.80. The Balaban J connectivity index is 3.17. The van der Waals surface area contributed by atoms with Crippen LogP contribution >= 0.6 is 11.6 Å². The Kier molecular flexibility index (Phi) is 2.71. The molecule has 1 rings (SSSR count). The van der Waals surface area contributed by atoms with E-state index in [0.29, 0.717) is 10.6 Å². The molecule has 0 atom stereocenters. The molecule has 0 bridgehead atoms. The third kappa shape index (κ3) is 1.77. The van der Waals surface area contributed by atoms with Crippen molar-refractivity contribution in [2.45, 2.75) is 6.92 Å². The molecule has 0 fully saturated rings. The van der Waals surface area contributed by atoms with Gasteiger partial charge in [-0.3, -0.25) is 4.79 Å². The van der Waals surface area contributed by atoms with Gasteiger partial charge in [0.1, 0.15) is 0 Å². The van der Waals surface area contributed by atoms with E-state index in [4.69, 9.17) is 11.6 Å². The zero-order valence-electron chi connectivity index (χ0n) is 7.02. The SMILES string of the molecule is CNc1ccc(Cl)c(C(C)=O)c1. The van der Waals surface area contributed by atoms with Crippen molar-refractivity contribution in [1.82, 2.24) is 0 Å². The van der Waals surface area contributed by atoms with Gasteiger partial charge < -0.3 is 5.32 Å². The summed E-state index contributed by atoms with van der Waals surface area (Å²) in [6, 6.07) is 5.28. The molecule has 0 spiro atoms. The Morgan fingerprint density at radius 3 is 2.67 bits per heavy atom. The van der Waals surface area contributed by atoms with Crippen LogP contribution < -0.4 is 5.32 Å². The molecule has 0 saturated carbocycles. The molecule has 1 aromatic rings. The molecule has 3 heteroatoms. The lowest BCUT2D eigenvalue weighted by atomic mass is 10.1. The zero-order valence-corrected chi connectivity index (χ0v) is 7.77. The van der Waals surface area contributed by atoms with Crippen molar-refractivity contribution in [3.63, 3.8) is 0 Å². The lowest BCUT2D eigenvalue weighted by Gasteiger charge is -2.03. The Labute approximate surface area is 76.5 Å². The van der Waals surface area contributed by atoms with E-state index in [1.807, 2.05) is 6.07 Å². The molecule has 0 aliphatic heterocycles. The molecular weight excluding hydrogens is 174 g/mol. The number of hydrogen-bond acceptors (Lipinski definition) is 2. The molecule has 0 unspecified atom stereocenters. The number of halogens is 1. The van der Waals surface area contributed by atoms with Crippen molar-refractivity contribution in [2.24, 2.45) is 0 Å². The van der Waals surface area contributed by atoms with Crippen molar-refractivity contribution >= 4 is 23.1 Å². The summed E-state index contributed by atoms with van der Waals surface area (Å²) in [6.07, 6.45) is 0. The van der Waals surface area contributed by atoms with Gasteiger partial charge in [-0.15, -0.1) is 0 Å². The van der Waals surface area contributed by atoms with E-state index in [1.54, 1.807) is 19.2 Å². The molecule has 0 saturated heterocycles. The predicted octanol–water partition coefficient (Wildman–Crippen LogP) is 2.58. The van der Waals surface area contributed by atoms with Gasteiger partial charge in [-0.05, 0) is 25.1 Å². The van der Waals surface area contributed by atoms with Gasteiger partial charge in [0.25, 0.3) is 0 Å². The minimum atomic E-state index is -0.0166. The monoisotopic (exact) mass is 183 g/mol. The minimum Gasteiger partial charge on any atom is -0.388 e. The fraction of sp³-hybridized carbons (Fsp3) is 0.222. The van der Waals surface area contributed by atoms with E-state index in [1.165, 1.54) is 6.92 Å². The first-order valence-electron chi connectivity index (χ1n) is 3.63. The summed E-state index contributed by atoms with van der Waals surface area (Å²) in [5, 5.41) is 3.44. The van der Waals surface area contributed by atoms with Crippen LogP contribution in [0.2, 0.25) is 5.02 Å². The van der Waals surface area contributed by atoms with Crippen molar-refractivity contribution in [1.29, 1.82) is 0 Å². The first-order chi connectivity index (χ1) is 5.65. The molecule has 0 heterocycles. The molecule has 12 heavy (non-hydrogen) atoms. The van der Waals surface area contributed by atoms with Crippen LogP contribution in [0, 0.1) is 0 Å². The zero-order chi connectivity index (χ0) is 9.14. The predicted molar refractivity (Wildman–Crippen MR) is 51.0 cm³/mol. The van der Waals surface area contributed by atoms with Gasteiger partial charge in [0.05, 0.1) is 5.02 Å². The van der Waals surface area contributed by atoms with E-state index < -0.39 is 0 Å². The largest absolute Gasteiger partial charge is 0.388 e. The average Bonchev–Trinajstić information content (AvgIpc) is 2.05. The highest BCUT2D eigenvalue weighted by atomic mass is 35.5. The Morgan fingerprint density at radius 1 is 1.50 bits per heavy atom. The molecule has 0 radical (unpaired) electrons. The van der Waals surface area contributed by atoms with Gasteiger partial charge in [0.15, 0.2) is 5.78 Å². The normalized spacial score (nSPS) is 9.58. The van der Waals surface area contributed by atoms with Crippen molar-refractivity contribution in [3.8, 4) is 0 Å². The van der Waals surface area contributed by atoms with E-state index in [2.05, 4.69) is 5.32 Å². The van der Waals surface area contributed by atoms with Crippen LogP contribution in [0.4, 0.5) is 5.69 Å². The van der Waals surface area contributed by atoms with E-state index in [9.17, 15) is 4.79 Å². The number of anilines is 1. The van der Waals surface area contributed by atoms with Crippen molar-refractivity contribution in [2.75, 3.05) is 12.4 Å². The van der Waals surface area contributed by atoms with Gasteiger partial charge in [-0.1, -0.05) is 11.6 Å². The lowest BCUT2D eigenvalue weighted by molar-refractivity contribution is 0.101. The highest BCUT2D eigenvalue weighted by Gasteiger charge is 2.05. The smallest absolute Gasteiger partial charge is 0.161 e. The summed E-state index contributed by atoms with van der Waals surface area (Å²) in [5.41, 5.74) is 1.45. The minimum absolute atomic E-state index is 0.0166. The summed E-state index contributed by atoms with van der Waals surface area (Å²) < 4.78 is 0. The van der Waals surface area contributed by atoms with Gasteiger partial charge in [0.2, 0.25) is 0 Å². The van der Waals surface area contributed by atoms with Gasteiger partial charge in [0, 0.05) is 18.3 Å². The molecule has 0 aliphatic carbocycles. The fourth-order valence-corrected chi connectivity index (χ4v) is 1.20. The lowest BCUT2D eigenvalue weighted by Crippen LogP contribution is -1.96. The molecule has 2 nitrogen and oxygen atoms in total. The third-order valence-electron chi connectivity index (χ3n) is 1.63. The van der Waals surface area contributed by atoms with Crippen molar-refractivity contribution < 1.29 is 4.79 Å². The number of ketones is 1. The average molecular weight is 184 g/mol. The maximum absolute atomic E-state index is 11.0. The van der Waals surface area contributed by atoms with E-state index >= 15 is 0 Å². The van der Waals surface area contributed by atoms with Crippen LogP contribution in [0.1, 0.15) is 17.3 Å². The first kappa shape index (κ1) is 9.07. The second-order valence-corrected chi connectivity index (χ2v) is 2.91. The van der Waals surface area contributed by atoms with Gasteiger partial charge in [-0.2, -0.15) is 0 Å². The fourth-order valence-electron chi connectivity index (χ4n) is 0.951. The first-order valence-corrected chi connectivity index (χ1v) is 4.01. The quantitative estimate of drug-likeness (QED) is 0.715. The second-order valence-electron chi connectivity index (χ2n) is 2.50. The van der Waals surface area contributed by atoms with Crippen LogP contribution in [0.5, 0.6) is 0 Å². The molecule has 64 valence electrons. The number of carbonyl (C=O) groups excluding carboxylic acids is 1. The van der Waals surface area contributed by atoms with Gasteiger partial charge >= 0.3 is 0 Å². The van der Waals surface area contributed by atoms with Crippen LogP contribution in [0.15, 0.2) is 18.2 Å². The number of carbonyl (C=O) groups is 1. The highest BCUT2D eigenvalue weighted by molar-refractivity contribution is 6.34. The number of hydrogen-bond donors (Lipinski definition) is 1. The summed E-state index contributed by atoms with van der Waals surface area (Å²) in [6.45, 7) is 1.50. The maximum Gasteiger partial charge on any atom is 0.161 e.